The third-order valence-corrected chi connectivity index (χ3v) is 2.11. The van der Waals surface area contributed by atoms with E-state index in [-0.39, 0.29) is 17.0 Å². The van der Waals surface area contributed by atoms with Crippen LogP contribution in [0.2, 0.25) is 0 Å². The van der Waals surface area contributed by atoms with E-state index in [1.807, 2.05) is 48.8 Å². The lowest BCUT2D eigenvalue weighted by Crippen LogP contribution is -3.00. The summed E-state index contributed by atoms with van der Waals surface area (Å²) >= 11 is 0. The van der Waals surface area contributed by atoms with Crippen molar-refractivity contribution in [3.8, 4) is 5.75 Å². The lowest BCUT2D eigenvalue weighted by molar-refractivity contribution is -0.378. The van der Waals surface area contributed by atoms with Crippen molar-refractivity contribution in [2.24, 2.45) is 0 Å². The van der Waals surface area contributed by atoms with E-state index in [0.29, 0.717) is 5.75 Å². The van der Waals surface area contributed by atoms with Crippen LogP contribution >= 0.6 is 0 Å². The lowest BCUT2D eigenvalue weighted by Gasteiger charge is -1.93. The van der Waals surface area contributed by atoms with E-state index >= 15 is 0 Å². The zero-order valence-electron chi connectivity index (χ0n) is 8.60. The number of aromatic hydroxyl groups is 1. The molecule has 0 unspecified atom stereocenters. The van der Waals surface area contributed by atoms with Crippen LogP contribution < -0.4 is 22.0 Å². The number of phenols is 1. The molecule has 0 atom stereocenters. The minimum absolute atomic E-state index is 0. The Kier molecular flexibility index (Phi) is 4.73. The van der Waals surface area contributed by atoms with Crippen LogP contribution in [0.1, 0.15) is 11.1 Å². The standard InChI is InChI=1S/C13H11NO.BrH/c15-13-5-3-11(4-6-13)1-2-12-7-9-14-10-8-12;/h1-10,15H;1H. The Balaban J connectivity index is 0.00000128. The van der Waals surface area contributed by atoms with E-state index in [0.717, 1.165) is 11.1 Å². The molecule has 1 aromatic carbocycles. The SMILES string of the molecule is Oc1ccc(C=Cc2cc[nH+]cc2)cc1.[Br-]. The Morgan fingerprint density at radius 2 is 1.31 bits per heavy atom. The molecule has 0 radical (unpaired) electrons. The molecule has 2 N–H and O–H groups in total. The fourth-order valence-electron chi connectivity index (χ4n) is 1.29. The van der Waals surface area contributed by atoms with E-state index < -0.39 is 0 Å². The van der Waals surface area contributed by atoms with E-state index in [4.69, 9.17) is 5.11 Å². The van der Waals surface area contributed by atoms with Crippen molar-refractivity contribution in [1.82, 2.24) is 0 Å². The number of pyridine rings is 1. The van der Waals surface area contributed by atoms with Gasteiger partial charge in [0, 0.05) is 12.1 Å². The van der Waals surface area contributed by atoms with Gasteiger partial charge in [0.25, 0.3) is 0 Å². The van der Waals surface area contributed by atoms with Crippen molar-refractivity contribution in [3.63, 3.8) is 0 Å². The van der Waals surface area contributed by atoms with Gasteiger partial charge in [-0.2, -0.15) is 0 Å². The van der Waals surface area contributed by atoms with Crippen LogP contribution in [0.5, 0.6) is 5.75 Å². The van der Waals surface area contributed by atoms with Gasteiger partial charge >= 0.3 is 0 Å². The second-order valence-corrected chi connectivity index (χ2v) is 3.26. The van der Waals surface area contributed by atoms with Gasteiger partial charge in [-0.15, -0.1) is 0 Å². The smallest absolute Gasteiger partial charge is 0.167 e. The highest BCUT2D eigenvalue weighted by Gasteiger charge is 1.89. The second-order valence-electron chi connectivity index (χ2n) is 3.26. The van der Waals surface area contributed by atoms with Crippen LogP contribution in [0.25, 0.3) is 12.2 Å². The maximum absolute atomic E-state index is 9.11. The van der Waals surface area contributed by atoms with E-state index in [1.54, 1.807) is 12.1 Å². The summed E-state index contributed by atoms with van der Waals surface area (Å²) in [7, 11) is 0. The van der Waals surface area contributed by atoms with Gasteiger partial charge in [-0.05, 0) is 23.3 Å². The second kappa shape index (κ2) is 6.08. The molecule has 0 aliphatic rings. The number of hydrogen-bond donors (Lipinski definition) is 1. The van der Waals surface area contributed by atoms with Crippen LogP contribution in [0.3, 0.4) is 0 Å². The average Bonchev–Trinajstić information content (AvgIpc) is 2.30. The number of phenolic OH excluding ortho intramolecular Hbond substituents is 1. The van der Waals surface area contributed by atoms with Crippen LogP contribution in [-0.2, 0) is 0 Å². The normalized spacial score (nSPS) is 10.0. The summed E-state index contributed by atoms with van der Waals surface area (Å²) in [5, 5.41) is 9.11. The van der Waals surface area contributed by atoms with Crippen LogP contribution in [0, 0.1) is 0 Å². The number of aromatic amines is 1. The first-order valence-electron chi connectivity index (χ1n) is 4.78. The molecule has 0 fully saturated rings. The molecule has 0 aliphatic carbocycles. The number of rotatable bonds is 2. The molecule has 82 valence electrons. The third-order valence-electron chi connectivity index (χ3n) is 2.11. The highest BCUT2D eigenvalue weighted by molar-refractivity contribution is 5.69. The largest absolute Gasteiger partial charge is 1.00 e. The van der Waals surface area contributed by atoms with Crippen molar-refractivity contribution >= 4 is 12.2 Å². The van der Waals surface area contributed by atoms with Gasteiger partial charge in [0.2, 0.25) is 0 Å². The zero-order chi connectivity index (χ0) is 10.5. The molecule has 0 bridgehead atoms. The first kappa shape index (κ1) is 12.5. The topological polar surface area (TPSA) is 34.4 Å². The minimum Gasteiger partial charge on any atom is -1.00 e. The number of hydrogen-bond acceptors (Lipinski definition) is 1. The van der Waals surface area contributed by atoms with Gasteiger partial charge in [0.05, 0.1) is 0 Å². The highest BCUT2D eigenvalue weighted by Crippen LogP contribution is 2.12. The van der Waals surface area contributed by atoms with Gasteiger partial charge in [0.15, 0.2) is 12.4 Å². The molecule has 16 heavy (non-hydrogen) atoms. The molecule has 0 spiro atoms. The summed E-state index contributed by atoms with van der Waals surface area (Å²) in [5.74, 6) is 0.293. The molecular weight excluding hydrogens is 266 g/mol. The quantitative estimate of drug-likeness (QED) is 0.780. The fourth-order valence-corrected chi connectivity index (χ4v) is 1.29. The molecule has 0 aliphatic heterocycles. The zero-order valence-corrected chi connectivity index (χ0v) is 10.2. The number of benzene rings is 1. The molecule has 0 amide bonds. The van der Waals surface area contributed by atoms with Crippen LogP contribution in [-0.4, -0.2) is 5.11 Å². The van der Waals surface area contributed by atoms with Crippen molar-refractivity contribution in [1.29, 1.82) is 0 Å². The molecule has 0 saturated carbocycles. The van der Waals surface area contributed by atoms with Crippen molar-refractivity contribution in [2.75, 3.05) is 0 Å². The number of H-pyrrole nitrogens is 1. The summed E-state index contributed by atoms with van der Waals surface area (Å²) in [6, 6.07) is 11.1. The summed E-state index contributed by atoms with van der Waals surface area (Å²) in [4.78, 5) is 2.97. The lowest BCUT2D eigenvalue weighted by atomic mass is 10.1. The van der Waals surface area contributed by atoms with E-state index in [2.05, 4.69) is 4.98 Å². The molecule has 0 saturated heterocycles. The van der Waals surface area contributed by atoms with Gasteiger partial charge in [-0.1, -0.05) is 24.3 Å². The van der Waals surface area contributed by atoms with Gasteiger partial charge in [-0.3, -0.25) is 0 Å². The van der Waals surface area contributed by atoms with Crippen molar-refractivity contribution in [2.45, 2.75) is 0 Å². The first-order chi connectivity index (χ1) is 7.34. The maximum Gasteiger partial charge on any atom is 0.167 e. The number of halogens is 1. The Morgan fingerprint density at radius 3 is 1.88 bits per heavy atom. The molecule has 1 heterocycles. The predicted octanol–water partition coefficient (Wildman–Crippen LogP) is -0.619. The summed E-state index contributed by atoms with van der Waals surface area (Å²) < 4.78 is 0. The van der Waals surface area contributed by atoms with Crippen LogP contribution in [0.4, 0.5) is 0 Å². The number of nitrogens with one attached hydrogen (secondary N) is 1. The molecule has 2 nitrogen and oxygen atoms in total. The average molecular weight is 278 g/mol. The fraction of sp³-hybridized carbons (Fsp3) is 0. The third kappa shape index (κ3) is 3.51. The summed E-state index contributed by atoms with van der Waals surface area (Å²) in [5.41, 5.74) is 2.21. The van der Waals surface area contributed by atoms with Gasteiger partial charge in [-0.25, -0.2) is 4.98 Å². The van der Waals surface area contributed by atoms with Gasteiger partial charge in [0.1, 0.15) is 5.75 Å². The predicted molar refractivity (Wildman–Crippen MR) is 60.0 cm³/mol. The monoisotopic (exact) mass is 277 g/mol. The first-order valence-corrected chi connectivity index (χ1v) is 4.78. The minimum atomic E-state index is 0. The van der Waals surface area contributed by atoms with Crippen LogP contribution in [0.15, 0.2) is 48.8 Å². The van der Waals surface area contributed by atoms with Gasteiger partial charge < -0.3 is 22.1 Å². The maximum atomic E-state index is 9.11. The Hall–Kier alpha value is -1.61. The summed E-state index contributed by atoms with van der Waals surface area (Å²) in [6.07, 6.45) is 7.81. The van der Waals surface area contributed by atoms with Crippen molar-refractivity contribution in [3.05, 3.63) is 59.9 Å². The van der Waals surface area contributed by atoms with E-state index in [1.165, 1.54) is 0 Å². The molecule has 1 aromatic heterocycles. The molecule has 2 rings (SSSR count). The van der Waals surface area contributed by atoms with Crippen molar-refractivity contribution < 1.29 is 27.1 Å². The summed E-state index contributed by atoms with van der Waals surface area (Å²) in [6.45, 7) is 0. The Morgan fingerprint density at radius 1 is 0.812 bits per heavy atom. The molecule has 3 heteroatoms. The molecular formula is C13H12BrNO. The Labute approximate surface area is 105 Å². The van der Waals surface area contributed by atoms with E-state index in [9.17, 15) is 0 Å². The highest BCUT2D eigenvalue weighted by atomic mass is 79.9. The molecule has 2 aromatic rings. The number of aromatic nitrogens is 1. The Bertz CT molecular complexity index is 451.